The van der Waals surface area contributed by atoms with E-state index >= 15 is 0 Å². The average molecular weight is 241 g/mol. The van der Waals surface area contributed by atoms with Crippen LogP contribution in [0.25, 0.3) is 0 Å². The first-order chi connectivity index (χ1) is 8.10. The van der Waals surface area contributed by atoms with Gasteiger partial charge in [0.05, 0.1) is 6.61 Å². The first-order valence-electron chi connectivity index (χ1n) is 5.20. The maximum Gasteiger partial charge on any atom is 0.331 e. The summed E-state index contributed by atoms with van der Waals surface area (Å²) in [6, 6.07) is 2.03. The molecule has 1 aromatic rings. The molecule has 1 aromatic heterocycles. The van der Waals surface area contributed by atoms with Gasteiger partial charge in [-0.15, -0.1) is 0 Å². The van der Waals surface area contributed by atoms with Crippen LogP contribution in [0, 0.1) is 6.92 Å². The molecule has 0 spiro atoms. The third-order valence-corrected chi connectivity index (χ3v) is 2.16. The fraction of sp³-hybridized carbons (Fsp3) is 0.455. The van der Waals surface area contributed by atoms with Crippen molar-refractivity contribution in [2.75, 3.05) is 6.61 Å². The second kappa shape index (κ2) is 6.05. The lowest BCUT2D eigenvalue weighted by Gasteiger charge is -2.18. The highest BCUT2D eigenvalue weighted by molar-refractivity contribution is 5.79. The highest BCUT2D eigenvalue weighted by Gasteiger charge is 2.30. The van der Waals surface area contributed by atoms with E-state index in [1.54, 1.807) is 26.0 Å². The molecule has 1 rings (SSSR count). The van der Waals surface area contributed by atoms with Crippen molar-refractivity contribution < 1.29 is 23.8 Å². The molecule has 1 amide bonds. The molecule has 6 heteroatoms. The van der Waals surface area contributed by atoms with Crippen LogP contribution in [-0.4, -0.2) is 30.1 Å². The SMILES string of the molecule is CCOC(=O)C(NC=O)C(O)c1ccc(C)o1. The molecule has 94 valence electrons. The largest absolute Gasteiger partial charge is 0.464 e. The van der Waals surface area contributed by atoms with E-state index in [0.717, 1.165) is 0 Å². The summed E-state index contributed by atoms with van der Waals surface area (Å²) in [6.45, 7) is 3.52. The predicted octanol–water partition coefficient (Wildman–Crippen LogP) is 0.299. The summed E-state index contributed by atoms with van der Waals surface area (Å²) in [5, 5.41) is 12.1. The second-order valence-corrected chi connectivity index (χ2v) is 3.41. The molecule has 0 aromatic carbocycles. The Morgan fingerprint density at radius 2 is 2.35 bits per heavy atom. The first-order valence-corrected chi connectivity index (χ1v) is 5.20. The van der Waals surface area contributed by atoms with Crippen molar-refractivity contribution in [1.82, 2.24) is 5.32 Å². The lowest BCUT2D eigenvalue weighted by molar-refractivity contribution is -0.150. The third kappa shape index (κ3) is 3.32. The number of furan rings is 1. The van der Waals surface area contributed by atoms with E-state index < -0.39 is 18.1 Å². The van der Waals surface area contributed by atoms with E-state index in [-0.39, 0.29) is 12.4 Å². The number of hydrogen-bond acceptors (Lipinski definition) is 5. The summed E-state index contributed by atoms with van der Waals surface area (Å²) in [4.78, 5) is 21.9. The van der Waals surface area contributed by atoms with E-state index in [2.05, 4.69) is 5.32 Å². The van der Waals surface area contributed by atoms with Crippen molar-refractivity contribution in [2.24, 2.45) is 0 Å². The number of carbonyl (C=O) groups excluding carboxylic acids is 2. The summed E-state index contributed by atoms with van der Waals surface area (Å²) < 4.78 is 9.93. The number of aryl methyl sites for hydroxylation is 1. The topological polar surface area (TPSA) is 88.8 Å². The standard InChI is InChI=1S/C11H15NO5/c1-3-16-11(15)9(12-6-13)10(14)8-5-4-7(2)17-8/h4-6,9-10,14H,3H2,1-2H3,(H,12,13). The van der Waals surface area contributed by atoms with Crippen LogP contribution in [0.15, 0.2) is 16.5 Å². The van der Waals surface area contributed by atoms with Crippen molar-refractivity contribution >= 4 is 12.4 Å². The summed E-state index contributed by atoms with van der Waals surface area (Å²) >= 11 is 0. The summed E-state index contributed by atoms with van der Waals surface area (Å²) in [6.07, 6.45) is -0.936. The van der Waals surface area contributed by atoms with Crippen LogP contribution >= 0.6 is 0 Å². The first kappa shape index (κ1) is 13.2. The zero-order valence-corrected chi connectivity index (χ0v) is 9.67. The number of carbonyl (C=O) groups is 2. The van der Waals surface area contributed by atoms with Gasteiger partial charge in [0.2, 0.25) is 6.41 Å². The highest BCUT2D eigenvalue weighted by atomic mass is 16.5. The maximum absolute atomic E-state index is 11.5. The van der Waals surface area contributed by atoms with Crippen LogP contribution < -0.4 is 5.32 Å². The zero-order valence-electron chi connectivity index (χ0n) is 9.67. The third-order valence-electron chi connectivity index (χ3n) is 2.16. The van der Waals surface area contributed by atoms with Gasteiger partial charge in [0.25, 0.3) is 0 Å². The molecule has 0 aliphatic rings. The van der Waals surface area contributed by atoms with Crippen molar-refractivity contribution in [3.63, 3.8) is 0 Å². The second-order valence-electron chi connectivity index (χ2n) is 3.41. The minimum absolute atomic E-state index is 0.166. The molecule has 0 saturated heterocycles. The zero-order chi connectivity index (χ0) is 12.8. The smallest absolute Gasteiger partial charge is 0.331 e. The van der Waals surface area contributed by atoms with E-state index in [0.29, 0.717) is 12.2 Å². The van der Waals surface area contributed by atoms with Gasteiger partial charge >= 0.3 is 5.97 Å². The van der Waals surface area contributed by atoms with Crippen LogP contribution in [0.4, 0.5) is 0 Å². The monoisotopic (exact) mass is 241 g/mol. The minimum atomic E-state index is -1.27. The molecular formula is C11H15NO5. The normalized spacial score (nSPS) is 13.8. The van der Waals surface area contributed by atoms with Crippen LogP contribution in [0.1, 0.15) is 24.5 Å². The van der Waals surface area contributed by atoms with Crippen molar-refractivity contribution in [2.45, 2.75) is 26.0 Å². The van der Waals surface area contributed by atoms with Gasteiger partial charge in [-0.25, -0.2) is 4.79 Å². The summed E-state index contributed by atoms with van der Waals surface area (Å²) in [5.41, 5.74) is 0. The van der Waals surface area contributed by atoms with E-state index in [4.69, 9.17) is 9.15 Å². The number of hydrogen-bond donors (Lipinski definition) is 2. The summed E-state index contributed by atoms with van der Waals surface area (Å²) in [5.74, 6) is 0.101. The Bertz CT molecular complexity index is 387. The lowest BCUT2D eigenvalue weighted by Crippen LogP contribution is -2.42. The molecule has 0 aliphatic heterocycles. The number of nitrogens with one attached hydrogen (secondary N) is 1. The molecule has 0 radical (unpaired) electrons. The van der Waals surface area contributed by atoms with Crippen molar-refractivity contribution in [1.29, 1.82) is 0 Å². The van der Waals surface area contributed by atoms with Crippen molar-refractivity contribution in [3.05, 3.63) is 23.7 Å². The predicted molar refractivity (Wildman–Crippen MR) is 58.0 cm³/mol. The molecule has 0 saturated carbocycles. The van der Waals surface area contributed by atoms with E-state index in [1.807, 2.05) is 0 Å². The lowest BCUT2D eigenvalue weighted by atomic mass is 10.1. The van der Waals surface area contributed by atoms with E-state index in [1.165, 1.54) is 0 Å². The molecule has 1 heterocycles. The van der Waals surface area contributed by atoms with Gasteiger partial charge in [-0.2, -0.15) is 0 Å². The Morgan fingerprint density at radius 1 is 1.65 bits per heavy atom. The van der Waals surface area contributed by atoms with Gasteiger partial charge in [0.15, 0.2) is 6.04 Å². The molecule has 0 bridgehead atoms. The maximum atomic E-state index is 11.5. The Hall–Kier alpha value is -1.82. The number of amides is 1. The Kier molecular flexibility index (Phi) is 4.71. The van der Waals surface area contributed by atoms with Gasteiger partial charge in [-0.3, -0.25) is 4.79 Å². The van der Waals surface area contributed by atoms with Crippen LogP contribution in [-0.2, 0) is 14.3 Å². The molecule has 17 heavy (non-hydrogen) atoms. The molecular weight excluding hydrogens is 226 g/mol. The number of aliphatic hydroxyl groups excluding tert-OH is 1. The Balaban J connectivity index is 2.82. The molecule has 2 atom stereocenters. The van der Waals surface area contributed by atoms with Gasteiger partial charge in [0.1, 0.15) is 17.6 Å². The molecule has 2 N–H and O–H groups in total. The minimum Gasteiger partial charge on any atom is -0.464 e. The number of aliphatic hydroxyl groups is 1. The number of esters is 1. The van der Waals surface area contributed by atoms with Crippen molar-refractivity contribution in [3.8, 4) is 0 Å². The highest BCUT2D eigenvalue weighted by Crippen LogP contribution is 2.20. The van der Waals surface area contributed by atoms with Crippen LogP contribution in [0.3, 0.4) is 0 Å². The fourth-order valence-electron chi connectivity index (χ4n) is 1.37. The van der Waals surface area contributed by atoms with Crippen LogP contribution in [0.2, 0.25) is 0 Å². The molecule has 0 aliphatic carbocycles. The van der Waals surface area contributed by atoms with Gasteiger partial charge in [-0.05, 0) is 26.0 Å². The number of rotatable bonds is 6. The van der Waals surface area contributed by atoms with Gasteiger partial charge in [0, 0.05) is 0 Å². The molecule has 2 unspecified atom stereocenters. The van der Waals surface area contributed by atoms with Crippen LogP contribution in [0.5, 0.6) is 0 Å². The van der Waals surface area contributed by atoms with Gasteiger partial charge < -0.3 is 19.6 Å². The Labute approximate surface area is 98.6 Å². The average Bonchev–Trinajstić information content (AvgIpc) is 2.72. The molecule has 0 fully saturated rings. The number of ether oxygens (including phenoxy) is 1. The van der Waals surface area contributed by atoms with Gasteiger partial charge in [-0.1, -0.05) is 0 Å². The quantitative estimate of drug-likeness (QED) is 0.552. The molecule has 6 nitrogen and oxygen atoms in total. The van der Waals surface area contributed by atoms with E-state index in [9.17, 15) is 14.7 Å². The summed E-state index contributed by atoms with van der Waals surface area (Å²) in [7, 11) is 0. The fourth-order valence-corrected chi connectivity index (χ4v) is 1.37. The Morgan fingerprint density at radius 3 is 2.82 bits per heavy atom.